The molecule has 0 unspecified atom stereocenters. The van der Waals surface area contributed by atoms with Crippen LogP contribution in [0.15, 0.2) is 54.3 Å². The lowest BCUT2D eigenvalue weighted by atomic mass is 9.66. The number of phenolic OH excluding ortho intramolecular Hbond substituents is 16. The second-order valence-corrected chi connectivity index (χ2v) is 20.3. The zero-order valence-electron chi connectivity index (χ0n) is 42.5. The zero-order chi connectivity index (χ0) is 61.9. The van der Waals surface area contributed by atoms with Gasteiger partial charge in [0.05, 0.1) is 34.3 Å². The van der Waals surface area contributed by atoms with Gasteiger partial charge in [-0.25, -0.2) is 19.2 Å². The first-order valence-corrected chi connectivity index (χ1v) is 24.8. The van der Waals surface area contributed by atoms with Gasteiger partial charge < -0.3 is 125 Å². The monoisotopic (exact) mass is 1190 g/mol. The number of fused-ring (bicyclic) bond motifs is 8. The average molecular weight is 1190 g/mol. The van der Waals surface area contributed by atoms with Gasteiger partial charge in [-0.1, -0.05) is 0 Å². The minimum absolute atomic E-state index is 0.286. The van der Waals surface area contributed by atoms with Gasteiger partial charge in [0.2, 0.25) is 28.6 Å². The Hall–Kier alpha value is -11.8. The Labute approximate surface area is 474 Å². The molecule has 6 aliphatic rings. The van der Waals surface area contributed by atoms with Crippen LogP contribution in [-0.2, 0) is 39.7 Å². The number of carbonyl (C=O) groups is 6. The Morgan fingerprint density at radius 2 is 1.00 bits per heavy atom. The largest absolute Gasteiger partial charge is 0.507 e. The van der Waals surface area contributed by atoms with E-state index in [2.05, 4.69) is 0 Å². The fourth-order valence-electron chi connectivity index (χ4n) is 11.8. The third-order valence-corrected chi connectivity index (χ3v) is 15.6. The van der Waals surface area contributed by atoms with Crippen LogP contribution in [0.5, 0.6) is 103 Å². The lowest BCUT2D eigenvalue weighted by Gasteiger charge is -2.47. The molecule has 31 nitrogen and oxygen atoms in total. The first-order valence-electron chi connectivity index (χ1n) is 24.8. The molecule has 1 saturated heterocycles. The van der Waals surface area contributed by atoms with Crippen LogP contribution in [0.2, 0.25) is 0 Å². The molecule has 6 aromatic carbocycles. The first kappa shape index (κ1) is 54.8. The molecule has 5 aliphatic heterocycles. The highest BCUT2D eigenvalue weighted by Gasteiger charge is 2.76. The van der Waals surface area contributed by atoms with Crippen LogP contribution >= 0.6 is 0 Å². The summed E-state index contributed by atoms with van der Waals surface area (Å²) in [6.45, 7) is -1.59. The number of rotatable bonds is 4. The van der Waals surface area contributed by atoms with Crippen molar-refractivity contribution in [1.29, 1.82) is 0 Å². The molecule has 6 aromatic rings. The minimum atomic E-state index is -3.13. The molecule has 31 heteroatoms. The van der Waals surface area contributed by atoms with E-state index in [1.165, 1.54) is 0 Å². The standard InChI is InChI=1S/C55H38O31/c56-17-9-26-31(45-13(17)5-25(64)44(82-45)11-1-18(57)35(65)19(58)2-11)33-47-48(85-53(78)16-8-24(63)39(69)42(72)30(16)32-34(54(79)84-47)55(33,86-26)49(74)43(32)73)46-27(81-50(75)12-3-20(59)36(66)21(60)4-12)10-80-51(76)14-6-22(61)37(67)40(70)28(14)29-15(52(77)83-46)7-23(62)38(68)41(29)71/h1-4,6-9,25,27,33-34,44,46-48,56-73H,5,10H2/t25-,27+,33-,34+,44+,46+,47-,48-,55+/m0/s1. The second-order valence-electron chi connectivity index (χ2n) is 20.3. The predicted molar refractivity (Wildman–Crippen MR) is 269 cm³/mol. The van der Waals surface area contributed by atoms with Crippen LogP contribution in [0.4, 0.5) is 0 Å². The summed E-state index contributed by atoms with van der Waals surface area (Å²) < 4.78 is 42.3. The maximum absolute atomic E-state index is 15.5. The maximum Gasteiger partial charge on any atom is 0.339 e. The number of aromatic hydroxyl groups is 16. The van der Waals surface area contributed by atoms with Crippen LogP contribution < -0.4 is 9.47 Å². The summed E-state index contributed by atoms with van der Waals surface area (Å²) in [7, 11) is 0. The summed E-state index contributed by atoms with van der Waals surface area (Å²) in [4.78, 5) is 90.2. The number of ketones is 1. The molecule has 0 aromatic heterocycles. The topological polar surface area (TPSA) is 531 Å². The van der Waals surface area contributed by atoms with Gasteiger partial charge >= 0.3 is 29.8 Å². The lowest BCUT2D eigenvalue weighted by Crippen LogP contribution is -2.65. The molecule has 18 N–H and O–H groups in total. The summed E-state index contributed by atoms with van der Waals surface area (Å²) in [6, 6.07) is 4.62. The summed E-state index contributed by atoms with van der Waals surface area (Å²) in [6.07, 6.45) is -15.4. The van der Waals surface area contributed by atoms with Crippen molar-refractivity contribution in [3.8, 4) is 115 Å². The van der Waals surface area contributed by atoms with Gasteiger partial charge in [0, 0.05) is 51.4 Å². The van der Waals surface area contributed by atoms with Crippen molar-refractivity contribution in [2.45, 2.75) is 54.6 Å². The number of hydrogen-bond acceptors (Lipinski definition) is 31. The highest BCUT2D eigenvalue weighted by molar-refractivity contribution is 6.21. The third-order valence-electron chi connectivity index (χ3n) is 15.6. The number of ether oxygens (including phenoxy) is 7. The quantitative estimate of drug-likeness (QED) is 0.0683. The zero-order valence-corrected chi connectivity index (χ0v) is 42.5. The van der Waals surface area contributed by atoms with Crippen molar-refractivity contribution < 1.29 is 154 Å². The summed E-state index contributed by atoms with van der Waals surface area (Å²) >= 11 is 0. The van der Waals surface area contributed by atoms with Gasteiger partial charge in [0.1, 0.15) is 29.8 Å². The maximum atomic E-state index is 15.5. The molecule has 0 saturated carbocycles. The number of benzene rings is 6. The summed E-state index contributed by atoms with van der Waals surface area (Å²) in [5.74, 6) is -38.7. The van der Waals surface area contributed by atoms with E-state index < -0.39 is 262 Å². The lowest BCUT2D eigenvalue weighted by molar-refractivity contribution is -0.200. The molecular formula is C55H38O31. The van der Waals surface area contributed by atoms with Crippen molar-refractivity contribution in [2.75, 3.05) is 6.61 Å². The molecule has 86 heavy (non-hydrogen) atoms. The molecule has 0 radical (unpaired) electrons. The molecule has 12 rings (SSSR count). The van der Waals surface area contributed by atoms with E-state index in [1.807, 2.05) is 0 Å². The number of aliphatic hydroxyl groups is 2. The van der Waals surface area contributed by atoms with Crippen molar-refractivity contribution in [2.24, 2.45) is 5.92 Å². The van der Waals surface area contributed by atoms with Crippen molar-refractivity contribution >= 4 is 41.2 Å². The molecular weight excluding hydrogens is 1160 g/mol. The van der Waals surface area contributed by atoms with E-state index in [0.29, 0.717) is 30.3 Å². The molecule has 4 bridgehead atoms. The number of esters is 5. The Bertz CT molecular complexity index is 4130. The third kappa shape index (κ3) is 7.56. The Morgan fingerprint density at radius 3 is 1.56 bits per heavy atom. The smallest absolute Gasteiger partial charge is 0.339 e. The van der Waals surface area contributed by atoms with Crippen LogP contribution in [-0.4, -0.2) is 170 Å². The molecule has 0 amide bonds. The number of hydrogen-bond donors (Lipinski definition) is 18. The average Bonchev–Trinajstić information content (AvgIpc) is 1.50. The van der Waals surface area contributed by atoms with Gasteiger partial charge in [-0.3, -0.25) is 9.59 Å². The van der Waals surface area contributed by atoms with E-state index in [0.717, 1.165) is 18.2 Å². The molecule has 1 fully saturated rings. The molecule has 1 spiro atoms. The fraction of sp³-hybridized carbons (Fsp3) is 0.200. The van der Waals surface area contributed by atoms with Crippen molar-refractivity contribution in [3.63, 3.8) is 0 Å². The highest BCUT2D eigenvalue weighted by atomic mass is 16.6. The van der Waals surface area contributed by atoms with Gasteiger partial charge in [-0.2, -0.15) is 0 Å². The Balaban J connectivity index is 1.15. The van der Waals surface area contributed by atoms with E-state index in [1.54, 1.807) is 0 Å². The van der Waals surface area contributed by atoms with E-state index in [9.17, 15) is 102 Å². The van der Waals surface area contributed by atoms with Crippen molar-refractivity contribution in [3.05, 3.63) is 98.8 Å². The van der Waals surface area contributed by atoms with E-state index >= 15 is 19.2 Å². The second kappa shape index (κ2) is 18.6. The van der Waals surface area contributed by atoms with Gasteiger partial charge in [-0.05, 0) is 42.5 Å². The number of aliphatic hydroxyl groups excluding tert-OH is 2. The van der Waals surface area contributed by atoms with Crippen LogP contribution in [0, 0.1) is 5.92 Å². The van der Waals surface area contributed by atoms with E-state index in [4.69, 9.17) is 33.2 Å². The highest BCUT2D eigenvalue weighted by Crippen LogP contribution is 2.67. The number of carbonyl (C=O) groups excluding carboxylic acids is 6. The molecule has 5 heterocycles. The number of cyclic esters (lactones) is 3. The summed E-state index contributed by atoms with van der Waals surface area (Å²) in [5.41, 5.74) is -13.4. The molecule has 444 valence electrons. The fourth-order valence-corrected chi connectivity index (χ4v) is 11.8. The summed E-state index contributed by atoms with van der Waals surface area (Å²) in [5, 5.41) is 197. The van der Waals surface area contributed by atoms with E-state index in [-0.39, 0.29) is 11.1 Å². The predicted octanol–water partition coefficient (Wildman–Crippen LogP) is 2.15. The van der Waals surface area contributed by atoms with Crippen LogP contribution in [0.3, 0.4) is 0 Å². The molecule has 1 aliphatic carbocycles. The Kier molecular flexibility index (Phi) is 11.9. The van der Waals surface area contributed by atoms with Gasteiger partial charge in [-0.15, -0.1) is 0 Å². The minimum Gasteiger partial charge on any atom is -0.507 e. The van der Waals surface area contributed by atoms with Crippen LogP contribution in [0.25, 0.3) is 16.7 Å². The number of phenols is 16. The van der Waals surface area contributed by atoms with Crippen molar-refractivity contribution in [1.82, 2.24) is 0 Å². The first-order chi connectivity index (χ1) is 40.6. The van der Waals surface area contributed by atoms with Gasteiger partial charge in [0.15, 0.2) is 105 Å². The Morgan fingerprint density at radius 1 is 0.512 bits per heavy atom. The van der Waals surface area contributed by atoms with Crippen LogP contribution in [0.1, 0.15) is 75.7 Å². The van der Waals surface area contributed by atoms with Gasteiger partial charge in [0.25, 0.3) is 0 Å². The molecule has 9 atom stereocenters. The SMILES string of the molecule is O=C(O[C@@H]1COC(=O)c2cc(O)c(O)c(O)c2-c2c(cc(O)c(O)c2O)C(=O)O[C@H]1[C@@H]1OC(=O)c2cc(O)c(O)c(O)c2C2=C(O)C(=O)[C@@]34Oc5cc(O)c6c(c5[C@H]3[C@@H]1OC(=O)[C@@H]24)O[C@H](c1cc(O)c(O)c(O)c1)[C@@H](O)C6)c1cc(O)c(O)c(O)c1. The normalized spacial score (nSPS) is 24.4. The number of Topliss-reactive ketones (excluding diaryl/α,β-unsaturated/α-hetero) is 1.